The smallest absolute Gasteiger partial charge is 0.316 e. The van der Waals surface area contributed by atoms with E-state index in [1.54, 1.807) is 0 Å². The number of benzene rings is 1. The summed E-state index contributed by atoms with van der Waals surface area (Å²) in [5.74, 6) is -3.18. The number of hydrogen-bond acceptors (Lipinski definition) is 4. The Morgan fingerprint density at radius 3 is 2.53 bits per heavy atom. The molecule has 92 valence electrons. The molecule has 1 unspecified atom stereocenters. The molecular weight excluding hydrogens is 234 g/mol. The van der Waals surface area contributed by atoms with Gasteiger partial charge >= 0.3 is 5.69 Å². The Hall–Kier alpha value is -1.76. The van der Waals surface area contributed by atoms with Crippen LogP contribution in [0, 0.1) is 10.1 Å². The van der Waals surface area contributed by atoms with Gasteiger partial charge in [-0.05, 0) is 12.1 Å². The molecule has 0 radical (unpaired) electrons. The van der Waals surface area contributed by atoms with E-state index in [1.807, 2.05) is 0 Å². The quantitative estimate of drug-likeness (QED) is 0.649. The summed E-state index contributed by atoms with van der Waals surface area (Å²) in [7, 11) is 1.24. The first kappa shape index (κ1) is 11.7. The Morgan fingerprint density at radius 1 is 1.53 bits per heavy atom. The van der Waals surface area contributed by atoms with Gasteiger partial charge in [0.1, 0.15) is 5.54 Å². The summed E-state index contributed by atoms with van der Waals surface area (Å²) in [6.07, 6.45) is -0.589. The second kappa shape index (κ2) is 3.36. The maximum atomic E-state index is 13.2. The number of nitro benzene ring substituents is 1. The molecule has 1 saturated carbocycles. The lowest BCUT2D eigenvalue weighted by Crippen LogP contribution is -2.28. The number of methoxy groups -OCH3 is 1. The van der Waals surface area contributed by atoms with Gasteiger partial charge in [-0.2, -0.15) is 0 Å². The summed E-state index contributed by atoms with van der Waals surface area (Å²) in [4.78, 5) is 10.2. The van der Waals surface area contributed by atoms with Crippen LogP contribution in [0.4, 0.5) is 14.5 Å². The van der Waals surface area contributed by atoms with Gasteiger partial charge in [-0.15, -0.1) is 0 Å². The van der Waals surface area contributed by atoms with Gasteiger partial charge < -0.3 is 10.5 Å². The molecule has 2 N–H and O–H groups in total. The monoisotopic (exact) mass is 244 g/mol. The molecule has 1 aromatic carbocycles. The Labute approximate surface area is 95.3 Å². The lowest BCUT2D eigenvalue weighted by atomic mass is 10.0. The average molecular weight is 244 g/mol. The van der Waals surface area contributed by atoms with Crippen molar-refractivity contribution in [2.45, 2.75) is 17.9 Å². The molecule has 1 fully saturated rings. The third-order valence-electron chi connectivity index (χ3n) is 2.91. The van der Waals surface area contributed by atoms with Crippen LogP contribution in [0.5, 0.6) is 5.75 Å². The minimum absolute atomic E-state index is 0.0694. The van der Waals surface area contributed by atoms with E-state index in [4.69, 9.17) is 10.5 Å². The number of nitrogens with two attached hydrogens (primary N) is 1. The van der Waals surface area contributed by atoms with Gasteiger partial charge in [0, 0.05) is 6.42 Å². The molecule has 1 atom stereocenters. The van der Waals surface area contributed by atoms with Crippen molar-refractivity contribution in [1.29, 1.82) is 0 Å². The highest BCUT2D eigenvalue weighted by Gasteiger charge is 2.71. The third-order valence-corrected chi connectivity index (χ3v) is 2.91. The Kier molecular flexibility index (Phi) is 2.32. The summed E-state index contributed by atoms with van der Waals surface area (Å²) >= 11 is 0. The fourth-order valence-electron chi connectivity index (χ4n) is 1.83. The lowest BCUT2D eigenvalue weighted by Gasteiger charge is -2.12. The lowest BCUT2D eigenvalue weighted by molar-refractivity contribution is -0.386. The van der Waals surface area contributed by atoms with E-state index in [0.29, 0.717) is 0 Å². The molecule has 7 heteroatoms. The molecule has 1 aliphatic carbocycles. The topological polar surface area (TPSA) is 78.4 Å². The van der Waals surface area contributed by atoms with E-state index in [-0.39, 0.29) is 11.3 Å². The number of alkyl halides is 2. The number of hydrogen-bond donors (Lipinski definition) is 1. The normalized spacial score (nSPS) is 25.4. The predicted octanol–water partition coefficient (Wildman–Crippen LogP) is 1.80. The summed E-state index contributed by atoms with van der Waals surface area (Å²) in [6.45, 7) is 0. The van der Waals surface area contributed by atoms with Crippen molar-refractivity contribution in [3.05, 3.63) is 33.9 Å². The van der Waals surface area contributed by atoms with Gasteiger partial charge in [-0.1, -0.05) is 6.07 Å². The van der Waals surface area contributed by atoms with Crippen molar-refractivity contribution in [2.75, 3.05) is 7.11 Å². The number of nitrogens with zero attached hydrogens (tertiary/aromatic N) is 1. The summed E-state index contributed by atoms with van der Waals surface area (Å²) in [5.41, 5.74) is 2.86. The molecule has 0 saturated heterocycles. The molecule has 0 aliphatic heterocycles. The Bertz CT molecular complexity index is 492. The first-order chi connectivity index (χ1) is 7.83. The summed E-state index contributed by atoms with van der Waals surface area (Å²) < 4.78 is 31.1. The van der Waals surface area contributed by atoms with Crippen LogP contribution < -0.4 is 10.5 Å². The predicted molar refractivity (Wildman–Crippen MR) is 55.1 cm³/mol. The molecule has 17 heavy (non-hydrogen) atoms. The van der Waals surface area contributed by atoms with E-state index in [9.17, 15) is 18.9 Å². The average Bonchev–Trinajstić information content (AvgIpc) is 2.78. The van der Waals surface area contributed by atoms with Crippen LogP contribution in [-0.4, -0.2) is 18.0 Å². The van der Waals surface area contributed by atoms with Crippen LogP contribution in [0.2, 0.25) is 0 Å². The molecule has 0 amide bonds. The Balaban J connectivity index is 2.60. The van der Waals surface area contributed by atoms with Crippen LogP contribution in [0.1, 0.15) is 12.0 Å². The van der Waals surface area contributed by atoms with Gasteiger partial charge in [-0.3, -0.25) is 10.1 Å². The second-order valence-electron chi connectivity index (χ2n) is 3.97. The highest BCUT2D eigenvalue weighted by Crippen LogP contribution is 2.60. The summed E-state index contributed by atoms with van der Waals surface area (Å²) in [6, 6.07) is 3.98. The van der Waals surface area contributed by atoms with Gasteiger partial charge in [-0.25, -0.2) is 8.78 Å². The highest BCUT2D eigenvalue weighted by molar-refractivity contribution is 5.58. The van der Waals surface area contributed by atoms with Crippen LogP contribution in [0.15, 0.2) is 18.2 Å². The van der Waals surface area contributed by atoms with Gasteiger partial charge in [0.25, 0.3) is 5.92 Å². The van der Waals surface area contributed by atoms with E-state index < -0.39 is 28.5 Å². The maximum Gasteiger partial charge on any atom is 0.316 e. The number of para-hydroxylation sites is 1. The van der Waals surface area contributed by atoms with E-state index in [2.05, 4.69) is 0 Å². The van der Waals surface area contributed by atoms with E-state index >= 15 is 0 Å². The largest absolute Gasteiger partial charge is 0.490 e. The summed E-state index contributed by atoms with van der Waals surface area (Å²) in [5, 5.41) is 10.9. The molecule has 5 nitrogen and oxygen atoms in total. The Morgan fingerprint density at radius 2 is 2.12 bits per heavy atom. The van der Waals surface area contributed by atoms with Crippen LogP contribution in [0.3, 0.4) is 0 Å². The number of halogens is 2. The zero-order valence-corrected chi connectivity index (χ0v) is 8.94. The maximum absolute atomic E-state index is 13.2. The molecule has 0 spiro atoms. The highest BCUT2D eigenvalue weighted by atomic mass is 19.3. The van der Waals surface area contributed by atoms with E-state index in [0.717, 1.165) is 0 Å². The number of rotatable bonds is 3. The minimum atomic E-state index is -3.11. The van der Waals surface area contributed by atoms with Crippen molar-refractivity contribution in [1.82, 2.24) is 0 Å². The van der Waals surface area contributed by atoms with Crippen molar-refractivity contribution >= 4 is 5.69 Å². The molecule has 0 bridgehead atoms. The van der Waals surface area contributed by atoms with E-state index in [1.165, 1.54) is 25.3 Å². The molecule has 1 aromatic rings. The second-order valence-corrected chi connectivity index (χ2v) is 3.97. The fourth-order valence-corrected chi connectivity index (χ4v) is 1.83. The van der Waals surface area contributed by atoms with Crippen LogP contribution in [-0.2, 0) is 5.54 Å². The third kappa shape index (κ3) is 1.54. The van der Waals surface area contributed by atoms with Crippen molar-refractivity contribution < 1.29 is 18.4 Å². The van der Waals surface area contributed by atoms with Crippen molar-refractivity contribution in [2.24, 2.45) is 5.73 Å². The zero-order chi connectivity index (χ0) is 12.8. The molecule has 1 aliphatic rings. The number of ether oxygens (including phenoxy) is 1. The standard InChI is InChI=1S/C10H10F2N2O3/c1-17-7-4-2-3-6(8(7)14(15)16)9(13)5-10(9,11)12/h2-4H,5,13H2,1H3. The molecule has 0 heterocycles. The van der Waals surface area contributed by atoms with Gasteiger partial charge in [0.2, 0.25) is 0 Å². The van der Waals surface area contributed by atoms with Crippen molar-refractivity contribution in [3.63, 3.8) is 0 Å². The van der Waals surface area contributed by atoms with Gasteiger partial charge in [0.05, 0.1) is 17.6 Å². The zero-order valence-electron chi connectivity index (χ0n) is 8.94. The molecule has 0 aromatic heterocycles. The van der Waals surface area contributed by atoms with Crippen LogP contribution in [0.25, 0.3) is 0 Å². The minimum Gasteiger partial charge on any atom is -0.490 e. The molecule has 2 rings (SSSR count). The SMILES string of the molecule is COc1cccc(C2(N)CC2(F)F)c1[N+](=O)[O-]. The fraction of sp³-hybridized carbons (Fsp3) is 0.400. The molecular formula is C10H10F2N2O3. The van der Waals surface area contributed by atoms with Gasteiger partial charge in [0.15, 0.2) is 5.75 Å². The van der Waals surface area contributed by atoms with Crippen molar-refractivity contribution in [3.8, 4) is 5.75 Å². The first-order valence-corrected chi connectivity index (χ1v) is 4.82. The number of nitro groups is 1. The van der Waals surface area contributed by atoms with Crippen LogP contribution >= 0.6 is 0 Å². The first-order valence-electron chi connectivity index (χ1n) is 4.82.